The maximum absolute atomic E-state index is 13.8. The molecule has 3 aromatic carbocycles. The van der Waals surface area contributed by atoms with Gasteiger partial charge in [-0.25, -0.2) is 0 Å². The van der Waals surface area contributed by atoms with Crippen molar-refractivity contribution in [3.05, 3.63) is 101 Å². The fourth-order valence-corrected chi connectivity index (χ4v) is 5.18. The van der Waals surface area contributed by atoms with Crippen molar-refractivity contribution in [2.24, 2.45) is 0 Å². The lowest BCUT2D eigenvalue weighted by atomic mass is 9.78. The highest BCUT2D eigenvalue weighted by molar-refractivity contribution is 6.00. The summed E-state index contributed by atoms with van der Waals surface area (Å²) in [7, 11) is 3.94. The van der Waals surface area contributed by atoms with E-state index in [1.807, 2.05) is 78.5 Å². The van der Waals surface area contributed by atoms with E-state index < -0.39 is 17.9 Å². The minimum Gasteiger partial charge on any atom is -0.481 e. The highest BCUT2D eigenvalue weighted by Gasteiger charge is 2.51. The second kappa shape index (κ2) is 8.07. The summed E-state index contributed by atoms with van der Waals surface area (Å²) >= 11 is 0. The number of rotatable bonds is 6. The number of fused-ring (bicyclic) bond motifs is 1. The van der Waals surface area contributed by atoms with Crippen molar-refractivity contribution in [3.63, 3.8) is 0 Å². The maximum Gasteiger partial charge on any atom is 0.313 e. The number of hydrogen-bond acceptors (Lipinski definition) is 3. The molecule has 3 aromatic rings. The third-order valence-electron chi connectivity index (χ3n) is 7.17. The zero-order valence-electron chi connectivity index (χ0n) is 18.9. The fourth-order valence-electron chi connectivity index (χ4n) is 5.18. The summed E-state index contributed by atoms with van der Waals surface area (Å²) in [5, 5.41) is 10.3. The van der Waals surface area contributed by atoms with Gasteiger partial charge in [-0.1, -0.05) is 60.7 Å². The van der Waals surface area contributed by atoms with Crippen LogP contribution in [0.2, 0.25) is 0 Å². The van der Waals surface area contributed by atoms with E-state index >= 15 is 0 Å². The van der Waals surface area contributed by atoms with Gasteiger partial charge < -0.3 is 14.9 Å². The van der Waals surface area contributed by atoms with E-state index in [1.165, 1.54) is 5.56 Å². The molecular weight excluding hydrogens is 412 g/mol. The van der Waals surface area contributed by atoms with Gasteiger partial charge in [-0.05, 0) is 47.7 Å². The Morgan fingerprint density at radius 1 is 0.970 bits per heavy atom. The van der Waals surface area contributed by atoms with Gasteiger partial charge in [0.25, 0.3) is 5.91 Å². The van der Waals surface area contributed by atoms with Crippen LogP contribution in [0.15, 0.2) is 78.9 Å². The second-order valence-electron chi connectivity index (χ2n) is 9.41. The zero-order valence-corrected chi connectivity index (χ0v) is 18.9. The first-order chi connectivity index (χ1) is 15.9. The summed E-state index contributed by atoms with van der Waals surface area (Å²) < 4.78 is 0. The molecule has 1 heterocycles. The Balaban J connectivity index is 1.63. The lowest BCUT2D eigenvalue weighted by molar-refractivity contribution is -0.140. The van der Waals surface area contributed by atoms with Crippen LogP contribution in [0.5, 0.6) is 0 Å². The molecule has 2 atom stereocenters. The molecule has 1 saturated carbocycles. The molecule has 33 heavy (non-hydrogen) atoms. The van der Waals surface area contributed by atoms with Crippen LogP contribution in [0.25, 0.3) is 0 Å². The summed E-state index contributed by atoms with van der Waals surface area (Å²) in [6.45, 7) is 0.508. The first-order valence-electron chi connectivity index (χ1n) is 11.4. The molecule has 0 aromatic heterocycles. The summed E-state index contributed by atoms with van der Waals surface area (Å²) in [5.41, 5.74) is 4.06. The minimum atomic E-state index is -0.911. The van der Waals surface area contributed by atoms with Crippen LogP contribution in [-0.4, -0.2) is 42.5 Å². The van der Waals surface area contributed by atoms with Crippen molar-refractivity contribution in [3.8, 4) is 0 Å². The second-order valence-corrected chi connectivity index (χ2v) is 9.41. The van der Waals surface area contributed by atoms with Crippen LogP contribution >= 0.6 is 0 Å². The fraction of sp³-hybridized carbons (Fsp3) is 0.286. The largest absolute Gasteiger partial charge is 0.481 e. The van der Waals surface area contributed by atoms with E-state index in [1.54, 1.807) is 12.1 Å². The number of carbonyl (C=O) groups is 2. The van der Waals surface area contributed by atoms with Crippen LogP contribution in [0.1, 0.15) is 51.8 Å². The predicted molar refractivity (Wildman–Crippen MR) is 129 cm³/mol. The Labute approximate surface area is 194 Å². The molecule has 0 bridgehead atoms. The SMILES string of the molecule is CN(C)c1ccc(C2C(C(=O)O)c3ccccc3C(=O)N2CC2(c3ccccc3)CC2)cc1. The number of aliphatic carboxylic acids is 1. The molecular formula is C28H28N2O3. The van der Waals surface area contributed by atoms with Crippen molar-refractivity contribution >= 4 is 17.6 Å². The number of hydrogen-bond donors (Lipinski definition) is 1. The number of benzene rings is 3. The van der Waals surface area contributed by atoms with E-state index in [-0.39, 0.29) is 11.3 Å². The molecule has 1 N–H and O–H groups in total. The zero-order chi connectivity index (χ0) is 23.2. The number of carboxylic acid groups (broad SMARTS) is 1. The topological polar surface area (TPSA) is 60.9 Å². The molecule has 1 aliphatic heterocycles. The van der Waals surface area contributed by atoms with Crippen LogP contribution in [0.4, 0.5) is 5.69 Å². The molecule has 0 saturated heterocycles. The molecule has 2 aliphatic rings. The van der Waals surface area contributed by atoms with Gasteiger partial charge in [0, 0.05) is 37.3 Å². The monoisotopic (exact) mass is 440 g/mol. The van der Waals surface area contributed by atoms with Gasteiger partial charge in [-0.3, -0.25) is 9.59 Å². The van der Waals surface area contributed by atoms with Crippen molar-refractivity contribution in [2.45, 2.75) is 30.2 Å². The van der Waals surface area contributed by atoms with Gasteiger partial charge >= 0.3 is 5.97 Å². The summed E-state index contributed by atoms with van der Waals surface area (Å²) in [4.78, 5) is 30.3. The average Bonchev–Trinajstić information content (AvgIpc) is 3.62. The number of amides is 1. The van der Waals surface area contributed by atoms with Crippen LogP contribution in [0, 0.1) is 0 Å². The molecule has 0 spiro atoms. The van der Waals surface area contributed by atoms with Crippen LogP contribution in [0.3, 0.4) is 0 Å². The van der Waals surface area contributed by atoms with Crippen molar-refractivity contribution in [1.29, 1.82) is 0 Å². The van der Waals surface area contributed by atoms with Crippen LogP contribution < -0.4 is 4.90 Å². The van der Waals surface area contributed by atoms with Crippen LogP contribution in [-0.2, 0) is 10.2 Å². The van der Waals surface area contributed by atoms with Gasteiger partial charge in [0.15, 0.2) is 0 Å². The molecule has 1 amide bonds. The van der Waals surface area contributed by atoms with E-state index in [9.17, 15) is 14.7 Å². The summed E-state index contributed by atoms with van der Waals surface area (Å²) in [6.07, 6.45) is 1.99. The quantitative estimate of drug-likeness (QED) is 0.595. The Hall–Kier alpha value is -3.60. The van der Waals surface area contributed by atoms with Gasteiger partial charge in [-0.15, -0.1) is 0 Å². The Morgan fingerprint density at radius 2 is 1.61 bits per heavy atom. The minimum absolute atomic E-state index is 0.0907. The third-order valence-corrected chi connectivity index (χ3v) is 7.17. The molecule has 5 nitrogen and oxygen atoms in total. The first kappa shape index (κ1) is 21.3. The summed E-state index contributed by atoms with van der Waals surface area (Å²) in [5.74, 6) is -1.83. The number of carbonyl (C=O) groups excluding carboxylic acids is 1. The molecule has 0 radical (unpaired) electrons. The van der Waals surface area contributed by atoms with E-state index in [4.69, 9.17) is 0 Å². The smallest absolute Gasteiger partial charge is 0.313 e. The van der Waals surface area contributed by atoms with Crippen molar-refractivity contribution in [1.82, 2.24) is 4.90 Å². The Kier molecular flexibility index (Phi) is 5.20. The maximum atomic E-state index is 13.8. The normalized spacial score (nSPS) is 20.8. The van der Waals surface area contributed by atoms with Gasteiger partial charge in [0.2, 0.25) is 0 Å². The molecule has 2 unspecified atom stereocenters. The molecule has 1 aliphatic carbocycles. The highest BCUT2D eigenvalue weighted by Crippen LogP contribution is 2.52. The van der Waals surface area contributed by atoms with Crippen molar-refractivity contribution < 1.29 is 14.7 Å². The standard InChI is InChI=1S/C28H28N2O3/c1-29(2)21-14-12-19(13-15-21)25-24(27(32)33)22-10-6-7-11-23(22)26(31)30(25)18-28(16-17-28)20-8-4-3-5-9-20/h3-15,24-25H,16-18H2,1-2H3,(H,32,33). The Morgan fingerprint density at radius 3 is 2.21 bits per heavy atom. The third kappa shape index (κ3) is 3.67. The molecule has 5 heteroatoms. The average molecular weight is 441 g/mol. The first-order valence-corrected chi connectivity index (χ1v) is 11.4. The lowest BCUT2D eigenvalue weighted by Gasteiger charge is -2.42. The predicted octanol–water partition coefficient (Wildman–Crippen LogP) is 4.85. The van der Waals surface area contributed by atoms with E-state index in [0.29, 0.717) is 17.7 Å². The molecule has 168 valence electrons. The summed E-state index contributed by atoms with van der Waals surface area (Å²) in [6, 6.07) is 24.8. The van der Waals surface area contributed by atoms with E-state index in [2.05, 4.69) is 12.1 Å². The van der Waals surface area contributed by atoms with Gasteiger partial charge in [0.05, 0.1) is 6.04 Å². The number of anilines is 1. The number of carboxylic acids is 1. The van der Waals surface area contributed by atoms with Gasteiger partial charge in [0.1, 0.15) is 5.92 Å². The Bertz CT molecular complexity index is 1180. The van der Waals surface area contributed by atoms with Gasteiger partial charge in [-0.2, -0.15) is 0 Å². The van der Waals surface area contributed by atoms with E-state index in [0.717, 1.165) is 24.1 Å². The highest BCUT2D eigenvalue weighted by atomic mass is 16.4. The molecule has 5 rings (SSSR count). The number of nitrogens with zero attached hydrogens (tertiary/aromatic N) is 2. The van der Waals surface area contributed by atoms with Crippen molar-refractivity contribution in [2.75, 3.05) is 25.5 Å². The molecule has 1 fully saturated rings. The lowest BCUT2D eigenvalue weighted by Crippen LogP contribution is -2.47.